The maximum atomic E-state index is 11.2. The number of likely N-dealkylation sites (tertiary alicyclic amines) is 1. The third-order valence-corrected chi connectivity index (χ3v) is 3.08. The zero-order chi connectivity index (χ0) is 12.1. The molecule has 0 saturated carbocycles. The van der Waals surface area contributed by atoms with E-state index in [1.54, 1.807) is 0 Å². The summed E-state index contributed by atoms with van der Waals surface area (Å²) in [6.07, 6.45) is 3.43. The Morgan fingerprint density at radius 3 is 2.41 bits per heavy atom. The van der Waals surface area contributed by atoms with E-state index in [1.807, 2.05) is 30.3 Å². The molecule has 0 bridgehead atoms. The molecular weight excluding hydrogens is 214 g/mol. The van der Waals surface area contributed by atoms with Crippen molar-refractivity contribution in [2.45, 2.75) is 32.4 Å². The van der Waals surface area contributed by atoms with Crippen molar-refractivity contribution in [1.29, 1.82) is 0 Å². The maximum absolute atomic E-state index is 11.2. The minimum absolute atomic E-state index is 0.214. The fourth-order valence-corrected chi connectivity index (χ4v) is 2.28. The van der Waals surface area contributed by atoms with Gasteiger partial charge in [0.25, 0.3) is 0 Å². The summed E-state index contributed by atoms with van der Waals surface area (Å²) in [5.41, 5.74) is 1.06. The number of carbonyl (C=O) groups is 1. The maximum Gasteiger partial charge on any atom is 0.304 e. The van der Waals surface area contributed by atoms with E-state index in [1.165, 1.54) is 26.2 Å². The smallest absolute Gasteiger partial charge is 0.304 e. The van der Waals surface area contributed by atoms with Crippen LogP contribution in [0, 0.1) is 0 Å². The van der Waals surface area contributed by atoms with Crippen LogP contribution >= 0.6 is 0 Å². The largest absolute Gasteiger partial charge is 0.442 e. The molecule has 1 aromatic carbocycles. The van der Waals surface area contributed by atoms with Gasteiger partial charge >= 0.3 is 5.97 Å². The van der Waals surface area contributed by atoms with E-state index in [0.29, 0.717) is 0 Å². The summed E-state index contributed by atoms with van der Waals surface area (Å²) in [6.45, 7) is 3.49. The molecule has 1 aliphatic heterocycles. The lowest BCUT2D eigenvalue weighted by atomic mass is 10.1. The zero-order valence-electron chi connectivity index (χ0n) is 10.3. The average molecular weight is 233 g/mol. The number of hydrogen-bond acceptors (Lipinski definition) is 3. The van der Waals surface area contributed by atoms with Crippen LogP contribution in [0.25, 0.3) is 0 Å². The van der Waals surface area contributed by atoms with Crippen molar-refractivity contribution in [1.82, 2.24) is 4.90 Å². The standard InChI is InChI=1S/C14H19NO2/c1-12(16)17-14(13-8-4-2-5-9-13)15-10-6-3-7-11-15/h2,4-5,8-9,14H,3,6-7,10-11H2,1H3/t14-/m0/s1. The molecule has 92 valence electrons. The summed E-state index contributed by atoms with van der Waals surface area (Å²) in [7, 11) is 0. The summed E-state index contributed by atoms with van der Waals surface area (Å²) < 4.78 is 5.46. The van der Waals surface area contributed by atoms with Gasteiger partial charge < -0.3 is 4.74 Å². The number of ether oxygens (including phenoxy) is 1. The van der Waals surface area contributed by atoms with Crippen LogP contribution in [0.15, 0.2) is 30.3 Å². The van der Waals surface area contributed by atoms with Gasteiger partial charge in [-0.1, -0.05) is 36.8 Å². The monoisotopic (exact) mass is 233 g/mol. The first-order chi connectivity index (χ1) is 8.27. The molecule has 0 aliphatic carbocycles. The Bertz CT molecular complexity index is 358. The van der Waals surface area contributed by atoms with Gasteiger partial charge in [0, 0.05) is 25.6 Å². The van der Waals surface area contributed by atoms with Crippen molar-refractivity contribution in [3.05, 3.63) is 35.9 Å². The van der Waals surface area contributed by atoms with Gasteiger partial charge in [-0.05, 0) is 12.8 Å². The molecule has 1 heterocycles. The van der Waals surface area contributed by atoms with Crippen LogP contribution in [0.1, 0.15) is 38.0 Å². The fraction of sp³-hybridized carbons (Fsp3) is 0.500. The van der Waals surface area contributed by atoms with Crippen molar-refractivity contribution in [3.63, 3.8) is 0 Å². The Balaban J connectivity index is 2.15. The molecule has 0 radical (unpaired) electrons. The number of rotatable bonds is 3. The van der Waals surface area contributed by atoms with Crippen LogP contribution in [0.5, 0.6) is 0 Å². The Kier molecular flexibility index (Phi) is 4.15. The van der Waals surface area contributed by atoms with Crippen molar-refractivity contribution in [2.75, 3.05) is 13.1 Å². The first-order valence-corrected chi connectivity index (χ1v) is 6.23. The van der Waals surface area contributed by atoms with Gasteiger partial charge in [-0.15, -0.1) is 0 Å². The second-order valence-corrected chi connectivity index (χ2v) is 4.47. The van der Waals surface area contributed by atoms with Gasteiger partial charge in [-0.2, -0.15) is 0 Å². The lowest BCUT2D eigenvalue weighted by Gasteiger charge is -2.33. The molecule has 1 aromatic rings. The van der Waals surface area contributed by atoms with E-state index in [-0.39, 0.29) is 12.2 Å². The SMILES string of the molecule is CC(=O)O[C@@H](c1ccccc1)N1CCCCC1. The van der Waals surface area contributed by atoms with E-state index in [9.17, 15) is 4.79 Å². The zero-order valence-corrected chi connectivity index (χ0v) is 10.3. The van der Waals surface area contributed by atoms with Crippen LogP contribution in [0.3, 0.4) is 0 Å². The molecule has 1 aliphatic rings. The highest BCUT2D eigenvalue weighted by molar-refractivity contribution is 5.66. The van der Waals surface area contributed by atoms with E-state index in [0.717, 1.165) is 18.7 Å². The number of nitrogens with zero attached hydrogens (tertiary/aromatic N) is 1. The number of esters is 1. The Morgan fingerprint density at radius 1 is 1.18 bits per heavy atom. The average Bonchev–Trinajstić information content (AvgIpc) is 2.38. The summed E-state index contributed by atoms with van der Waals surface area (Å²) in [4.78, 5) is 13.5. The molecule has 0 aromatic heterocycles. The molecular formula is C14H19NO2. The van der Waals surface area contributed by atoms with Gasteiger partial charge in [-0.3, -0.25) is 9.69 Å². The highest BCUT2D eigenvalue weighted by atomic mass is 16.6. The molecule has 0 spiro atoms. The Morgan fingerprint density at radius 2 is 1.82 bits per heavy atom. The van der Waals surface area contributed by atoms with Gasteiger partial charge in [0.1, 0.15) is 0 Å². The molecule has 0 amide bonds. The van der Waals surface area contributed by atoms with Crippen molar-refractivity contribution < 1.29 is 9.53 Å². The number of carbonyl (C=O) groups excluding carboxylic acids is 1. The van der Waals surface area contributed by atoms with Gasteiger partial charge in [-0.25, -0.2) is 0 Å². The first kappa shape index (κ1) is 12.1. The van der Waals surface area contributed by atoms with Crippen LogP contribution < -0.4 is 0 Å². The van der Waals surface area contributed by atoms with Crippen LogP contribution in [-0.4, -0.2) is 24.0 Å². The first-order valence-electron chi connectivity index (χ1n) is 6.23. The van der Waals surface area contributed by atoms with E-state index < -0.39 is 0 Å². The normalized spacial score (nSPS) is 18.6. The quantitative estimate of drug-likeness (QED) is 0.752. The molecule has 1 atom stereocenters. The predicted octanol–water partition coefficient (Wildman–Crippen LogP) is 2.73. The lowest BCUT2D eigenvalue weighted by molar-refractivity contribution is -0.158. The van der Waals surface area contributed by atoms with Crippen molar-refractivity contribution in [3.8, 4) is 0 Å². The van der Waals surface area contributed by atoms with E-state index in [4.69, 9.17) is 4.74 Å². The molecule has 2 rings (SSSR count). The van der Waals surface area contributed by atoms with E-state index in [2.05, 4.69) is 4.90 Å². The second kappa shape index (κ2) is 5.82. The third kappa shape index (κ3) is 3.30. The molecule has 3 heteroatoms. The summed E-state index contributed by atoms with van der Waals surface area (Å²) in [5, 5.41) is 0. The van der Waals surface area contributed by atoms with E-state index >= 15 is 0 Å². The molecule has 3 nitrogen and oxygen atoms in total. The molecule has 17 heavy (non-hydrogen) atoms. The van der Waals surface area contributed by atoms with Crippen molar-refractivity contribution in [2.24, 2.45) is 0 Å². The highest BCUT2D eigenvalue weighted by Gasteiger charge is 2.24. The van der Waals surface area contributed by atoms with Crippen LogP contribution in [0.4, 0.5) is 0 Å². The molecule has 0 unspecified atom stereocenters. The third-order valence-electron chi connectivity index (χ3n) is 3.08. The molecule has 1 saturated heterocycles. The van der Waals surface area contributed by atoms with Crippen LogP contribution in [0.2, 0.25) is 0 Å². The van der Waals surface area contributed by atoms with Gasteiger partial charge in [0.15, 0.2) is 6.23 Å². The number of benzene rings is 1. The van der Waals surface area contributed by atoms with Crippen molar-refractivity contribution >= 4 is 5.97 Å². The van der Waals surface area contributed by atoms with Gasteiger partial charge in [0.05, 0.1) is 0 Å². The number of piperidine rings is 1. The summed E-state index contributed by atoms with van der Waals surface area (Å²) in [5.74, 6) is -0.218. The van der Waals surface area contributed by atoms with Gasteiger partial charge in [0.2, 0.25) is 0 Å². The fourth-order valence-electron chi connectivity index (χ4n) is 2.28. The molecule has 1 fully saturated rings. The predicted molar refractivity (Wildman–Crippen MR) is 66.4 cm³/mol. The minimum Gasteiger partial charge on any atom is -0.442 e. The Hall–Kier alpha value is -1.35. The second-order valence-electron chi connectivity index (χ2n) is 4.47. The molecule has 0 N–H and O–H groups in total. The topological polar surface area (TPSA) is 29.5 Å². The summed E-state index contributed by atoms with van der Waals surface area (Å²) >= 11 is 0. The summed E-state index contributed by atoms with van der Waals surface area (Å²) in [6, 6.07) is 9.97. The lowest BCUT2D eigenvalue weighted by Crippen LogP contribution is -2.35. The van der Waals surface area contributed by atoms with Crippen LogP contribution in [-0.2, 0) is 9.53 Å². The minimum atomic E-state index is -0.218. The highest BCUT2D eigenvalue weighted by Crippen LogP contribution is 2.25. The Labute approximate surface area is 102 Å². The number of hydrogen-bond donors (Lipinski definition) is 0.